The number of carbonyl (C=O) groups excluding carboxylic acids is 3. The molecule has 1 fully saturated rings. The number of benzene rings is 1. The van der Waals surface area contributed by atoms with Crippen molar-refractivity contribution in [2.24, 2.45) is 17.6 Å². The fourth-order valence-electron chi connectivity index (χ4n) is 5.60. The molecule has 0 saturated heterocycles. The van der Waals surface area contributed by atoms with Gasteiger partial charge >= 0.3 is 0 Å². The minimum absolute atomic E-state index is 0.0494. The number of fused-ring (bicyclic) bond motifs is 3. The van der Waals surface area contributed by atoms with Gasteiger partial charge in [-0.25, -0.2) is 0 Å². The predicted molar refractivity (Wildman–Crippen MR) is 115 cm³/mol. The van der Waals surface area contributed by atoms with E-state index in [-0.39, 0.29) is 36.3 Å². The quantitative estimate of drug-likeness (QED) is 0.393. The smallest absolute Gasteiger partial charge is 0.255 e. The number of carbonyl (C=O) groups is 3. The summed E-state index contributed by atoms with van der Waals surface area (Å²) in [5, 5.41) is 43.8. The van der Waals surface area contributed by atoms with Crippen molar-refractivity contribution in [3.8, 4) is 5.75 Å². The van der Waals surface area contributed by atoms with Gasteiger partial charge < -0.3 is 30.9 Å². The van der Waals surface area contributed by atoms with Crippen LogP contribution in [0, 0.1) is 11.8 Å². The highest BCUT2D eigenvalue weighted by atomic mass is 16.5. The maximum absolute atomic E-state index is 13.7. The molecule has 4 atom stereocenters. The zero-order chi connectivity index (χ0) is 24.4. The second kappa shape index (κ2) is 7.68. The van der Waals surface area contributed by atoms with Crippen LogP contribution in [-0.4, -0.2) is 75.6 Å². The van der Waals surface area contributed by atoms with Crippen molar-refractivity contribution in [2.75, 3.05) is 21.2 Å². The largest absolute Gasteiger partial charge is 0.508 e. The third-order valence-corrected chi connectivity index (χ3v) is 7.00. The van der Waals surface area contributed by atoms with E-state index in [9.17, 15) is 34.8 Å². The van der Waals surface area contributed by atoms with Crippen molar-refractivity contribution in [1.29, 1.82) is 0 Å². The Labute approximate surface area is 189 Å². The average Bonchev–Trinajstić information content (AvgIpc) is 2.72. The molecule has 0 aliphatic heterocycles. The maximum atomic E-state index is 13.7. The number of ketones is 2. The Kier molecular flexibility index (Phi) is 5.35. The third kappa shape index (κ3) is 3.01. The lowest BCUT2D eigenvalue weighted by Crippen LogP contribution is -2.65. The van der Waals surface area contributed by atoms with E-state index in [2.05, 4.69) is 0 Å². The van der Waals surface area contributed by atoms with Crippen molar-refractivity contribution < 1.29 is 39.5 Å². The molecule has 3 aliphatic rings. The molecule has 1 amide bonds. The number of amides is 1. The van der Waals surface area contributed by atoms with Gasteiger partial charge in [-0.15, -0.1) is 0 Å². The van der Waals surface area contributed by atoms with Crippen LogP contribution in [0.5, 0.6) is 5.75 Å². The van der Waals surface area contributed by atoms with Crippen molar-refractivity contribution in [3.63, 3.8) is 0 Å². The van der Waals surface area contributed by atoms with Gasteiger partial charge in [0.05, 0.1) is 18.2 Å². The maximum Gasteiger partial charge on any atom is 0.255 e. The van der Waals surface area contributed by atoms with E-state index in [1.165, 1.54) is 18.1 Å². The monoisotopic (exact) mass is 458 g/mol. The number of hydrogen-bond donors (Lipinski definition) is 5. The van der Waals surface area contributed by atoms with Gasteiger partial charge in [0.2, 0.25) is 5.78 Å². The summed E-state index contributed by atoms with van der Waals surface area (Å²) in [6.07, 6.45) is 0.287. The van der Waals surface area contributed by atoms with Gasteiger partial charge in [0, 0.05) is 18.6 Å². The first-order valence-corrected chi connectivity index (χ1v) is 10.4. The molecule has 1 saturated carbocycles. The molecule has 10 heteroatoms. The van der Waals surface area contributed by atoms with E-state index < -0.39 is 58.0 Å². The van der Waals surface area contributed by atoms with Crippen LogP contribution in [0.3, 0.4) is 0 Å². The highest BCUT2D eigenvalue weighted by Gasteiger charge is 2.64. The Morgan fingerprint density at radius 3 is 2.48 bits per heavy atom. The lowest BCUT2D eigenvalue weighted by Gasteiger charge is -2.50. The number of aliphatic hydroxyl groups is 3. The molecule has 0 radical (unpaired) electrons. The van der Waals surface area contributed by atoms with Crippen molar-refractivity contribution in [3.05, 3.63) is 45.7 Å². The molecule has 1 aromatic carbocycles. The van der Waals surface area contributed by atoms with Crippen LogP contribution in [0.25, 0.3) is 5.76 Å². The molecular formula is C23H26N2O8. The molecule has 4 rings (SSSR count). The first-order chi connectivity index (χ1) is 15.5. The van der Waals surface area contributed by atoms with Gasteiger partial charge in [0.1, 0.15) is 22.8 Å². The van der Waals surface area contributed by atoms with Crippen molar-refractivity contribution in [1.82, 2.24) is 4.90 Å². The second-order valence-electron chi connectivity index (χ2n) is 8.99. The standard InChI is InChI=1S/C23H26N2O8/c1-25(2)17-12-7-10-6-11-9(8-33-3)4-5-13(26)15(11)18(27)14(10)20(29)23(12,32)21(30)16(19(17)28)22(24)31/h4-5,10,12,17,26-27,30,32H,6-8H2,1-3H3,(H2,24,31). The molecule has 176 valence electrons. The number of aliphatic hydroxyl groups excluding tert-OH is 2. The number of primary amides is 1. The average molecular weight is 458 g/mol. The predicted octanol–water partition coefficient (Wildman–Crippen LogP) is 0.110. The Balaban J connectivity index is 1.97. The molecular weight excluding hydrogens is 432 g/mol. The van der Waals surface area contributed by atoms with Gasteiger partial charge in [-0.2, -0.15) is 0 Å². The molecule has 33 heavy (non-hydrogen) atoms. The third-order valence-electron chi connectivity index (χ3n) is 7.00. The van der Waals surface area contributed by atoms with Gasteiger partial charge in [-0.05, 0) is 50.0 Å². The van der Waals surface area contributed by atoms with Crippen LogP contribution in [0.4, 0.5) is 0 Å². The van der Waals surface area contributed by atoms with E-state index in [1.54, 1.807) is 20.2 Å². The summed E-state index contributed by atoms with van der Waals surface area (Å²) in [7, 11) is 4.62. The molecule has 6 N–H and O–H groups in total. The number of phenolic OH excluding ortho intramolecular Hbond substituents is 1. The molecule has 0 aromatic heterocycles. The van der Waals surface area contributed by atoms with Gasteiger partial charge in [0.15, 0.2) is 11.4 Å². The number of Topliss-reactive ketones (excluding diaryl/α,β-unsaturated/α-hetero) is 2. The Morgan fingerprint density at radius 2 is 1.91 bits per heavy atom. The van der Waals surface area contributed by atoms with E-state index in [4.69, 9.17) is 10.5 Å². The van der Waals surface area contributed by atoms with Crippen molar-refractivity contribution >= 4 is 23.2 Å². The number of nitrogens with zero attached hydrogens (tertiary/aromatic N) is 1. The summed E-state index contributed by atoms with van der Waals surface area (Å²) in [4.78, 5) is 40.1. The van der Waals surface area contributed by atoms with Gasteiger partial charge in [-0.1, -0.05) is 6.07 Å². The Bertz CT molecular complexity index is 1150. The number of aromatic hydroxyl groups is 1. The van der Waals surface area contributed by atoms with Crippen LogP contribution >= 0.6 is 0 Å². The molecule has 3 aliphatic carbocycles. The highest BCUT2D eigenvalue weighted by Crippen LogP contribution is 2.52. The van der Waals surface area contributed by atoms with E-state index in [0.717, 1.165) is 0 Å². The van der Waals surface area contributed by atoms with Crippen LogP contribution in [0.15, 0.2) is 29.0 Å². The zero-order valence-electron chi connectivity index (χ0n) is 18.5. The van der Waals surface area contributed by atoms with Crippen LogP contribution in [0.1, 0.15) is 23.1 Å². The fourth-order valence-corrected chi connectivity index (χ4v) is 5.60. The van der Waals surface area contributed by atoms with Gasteiger partial charge in [-0.3, -0.25) is 19.3 Å². The minimum Gasteiger partial charge on any atom is -0.508 e. The van der Waals surface area contributed by atoms with E-state index in [1.807, 2.05) is 0 Å². The first kappa shape index (κ1) is 23.0. The second-order valence-corrected chi connectivity index (χ2v) is 8.99. The number of phenols is 1. The molecule has 1 aromatic rings. The summed E-state index contributed by atoms with van der Waals surface area (Å²) in [6.45, 7) is 0.212. The lowest BCUT2D eigenvalue weighted by atomic mass is 9.57. The van der Waals surface area contributed by atoms with Gasteiger partial charge in [0.25, 0.3) is 5.91 Å². The van der Waals surface area contributed by atoms with E-state index >= 15 is 0 Å². The highest BCUT2D eigenvalue weighted by molar-refractivity contribution is 6.24. The molecule has 4 unspecified atom stereocenters. The summed E-state index contributed by atoms with van der Waals surface area (Å²) in [5.74, 6) is -6.64. The summed E-state index contributed by atoms with van der Waals surface area (Å²) in [6, 6.07) is 1.93. The normalized spacial score (nSPS) is 29.2. The Morgan fingerprint density at radius 1 is 1.24 bits per heavy atom. The number of nitrogens with two attached hydrogens (primary N) is 1. The summed E-state index contributed by atoms with van der Waals surface area (Å²) >= 11 is 0. The SMILES string of the molecule is COCc1ccc(O)c2c1CC1CC3C(N(C)C)C(=O)C(C(N)=O)=C(O)C3(O)C(=O)C1=C2O. The number of ether oxygens (including phenoxy) is 1. The van der Waals surface area contributed by atoms with Crippen LogP contribution in [-0.2, 0) is 32.1 Å². The van der Waals surface area contributed by atoms with Crippen LogP contribution < -0.4 is 5.73 Å². The summed E-state index contributed by atoms with van der Waals surface area (Å²) in [5.41, 5.74) is 3.03. The molecule has 0 spiro atoms. The van der Waals surface area contributed by atoms with Crippen LogP contribution in [0.2, 0.25) is 0 Å². The molecule has 0 heterocycles. The summed E-state index contributed by atoms with van der Waals surface area (Å²) < 4.78 is 5.22. The number of methoxy groups -OCH3 is 1. The topological polar surface area (TPSA) is 171 Å². The molecule has 0 bridgehead atoms. The van der Waals surface area contributed by atoms with Crippen molar-refractivity contribution in [2.45, 2.75) is 31.1 Å². The number of hydrogen-bond acceptors (Lipinski definition) is 9. The molecule has 10 nitrogen and oxygen atoms in total. The minimum atomic E-state index is -2.63. The van der Waals surface area contributed by atoms with E-state index in [0.29, 0.717) is 11.1 Å². The fraction of sp³-hybridized carbons (Fsp3) is 0.435. The number of likely N-dealkylation sites (N-methyl/N-ethyl adjacent to an activating group) is 1. The Hall–Kier alpha value is -3.21. The first-order valence-electron chi connectivity index (χ1n) is 10.4. The lowest BCUT2D eigenvalue weighted by molar-refractivity contribution is -0.153. The zero-order valence-corrected chi connectivity index (χ0v) is 18.5. The number of rotatable bonds is 4.